The van der Waals surface area contributed by atoms with E-state index in [0.717, 1.165) is 22.0 Å². The first kappa shape index (κ1) is 10.7. The van der Waals surface area contributed by atoms with Crippen LogP contribution in [0.1, 0.15) is 11.7 Å². The van der Waals surface area contributed by atoms with Gasteiger partial charge in [0.25, 0.3) is 0 Å². The van der Waals surface area contributed by atoms with Crippen molar-refractivity contribution in [1.29, 1.82) is 0 Å². The number of aliphatic hydroxyl groups is 1. The topological polar surface area (TPSA) is 42.6 Å². The molecule has 1 aliphatic heterocycles. The first-order valence-corrected chi connectivity index (χ1v) is 6.42. The monoisotopic (exact) mass is 248 g/mol. The highest BCUT2D eigenvalue weighted by Gasteiger charge is 2.28. The normalized spacial score (nSPS) is 20.4. The molecule has 0 saturated carbocycles. The third-order valence-electron chi connectivity index (χ3n) is 2.77. The molecule has 2 atom stereocenters. The molecular formula is C13H12O3S. The highest BCUT2D eigenvalue weighted by Crippen LogP contribution is 2.38. The Morgan fingerprint density at radius 2 is 2.18 bits per heavy atom. The van der Waals surface area contributed by atoms with Crippen LogP contribution < -0.4 is 4.74 Å². The highest BCUT2D eigenvalue weighted by molar-refractivity contribution is 7.99. The van der Waals surface area contributed by atoms with Gasteiger partial charge in [0, 0.05) is 16.2 Å². The molecule has 0 bridgehead atoms. The number of rotatable bonds is 2. The van der Waals surface area contributed by atoms with Crippen LogP contribution in [0.3, 0.4) is 0 Å². The van der Waals surface area contributed by atoms with E-state index in [1.807, 2.05) is 24.3 Å². The molecule has 3 rings (SSSR count). The minimum Gasteiger partial charge on any atom is -0.485 e. The Hall–Kier alpha value is -1.39. The van der Waals surface area contributed by atoms with E-state index < -0.39 is 6.10 Å². The van der Waals surface area contributed by atoms with E-state index >= 15 is 0 Å². The molecule has 0 amide bonds. The lowest BCUT2D eigenvalue weighted by molar-refractivity contribution is 0.0453. The molecule has 0 spiro atoms. The Balaban J connectivity index is 1.80. The van der Waals surface area contributed by atoms with E-state index in [2.05, 4.69) is 0 Å². The van der Waals surface area contributed by atoms with Crippen LogP contribution in [0.4, 0.5) is 0 Å². The van der Waals surface area contributed by atoms with Crippen LogP contribution in [0.5, 0.6) is 5.75 Å². The van der Waals surface area contributed by atoms with Gasteiger partial charge in [-0.25, -0.2) is 0 Å². The van der Waals surface area contributed by atoms with Crippen molar-refractivity contribution in [2.75, 3.05) is 5.75 Å². The molecule has 0 saturated heterocycles. The molecule has 0 radical (unpaired) electrons. The first-order chi connectivity index (χ1) is 8.34. The van der Waals surface area contributed by atoms with Crippen LogP contribution in [0.2, 0.25) is 0 Å². The molecule has 2 unspecified atom stereocenters. The van der Waals surface area contributed by atoms with Gasteiger partial charge in [0.1, 0.15) is 18.0 Å². The summed E-state index contributed by atoms with van der Waals surface area (Å²) >= 11 is 1.71. The second kappa shape index (κ2) is 4.47. The largest absolute Gasteiger partial charge is 0.485 e. The molecule has 1 aromatic carbocycles. The third-order valence-corrected chi connectivity index (χ3v) is 3.91. The molecule has 2 aromatic rings. The molecule has 0 fully saturated rings. The van der Waals surface area contributed by atoms with Crippen LogP contribution in [-0.2, 0) is 0 Å². The summed E-state index contributed by atoms with van der Waals surface area (Å²) in [7, 11) is 0. The van der Waals surface area contributed by atoms with Gasteiger partial charge in [0.2, 0.25) is 0 Å². The van der Waals surface area contributed by atoms with Crippen LogP contribution in [-0.4, -0.2) is 17.0 Å². The van der Waals surface area contributed by atoms with E-state index in [1.165, 1.54) is 0 Å². The zero-order chi connectivity index (χ0) is 11.7. The Kier molecular flexibility index (Phi) is 2.82. The summed E-state index contributed by atoms with van der Waals surface area (Å²) in [4.78, 5) is 1.13. The minimum atomic E-state index is -0.644. The molecule has 1 aromatic heterocycles. The summed E-state index contributed by atoms with van der Waals surface area (Å²) in [5.74, 6) is 1.58. The summed E-state index contributed by atoms with van der Waals surface area (Å²) < 4.78 is 10.8. The van der Waals surface area contributed by atoms with Crippen molar-refractivity contribution in [2.45, 2.75) is 17.1 Å². The third kappa shape index (κ3) is 2.06. The van der Waals surface area contributed by atoms with Crippen molar-refractivity contribution in [3.8, 4) is 5.75 Å². The minimum absolute atomic E-state index is 0.229. The molecule has 1 aliphatic rings. The van der Waals surface area contributed by atoms with E-state index in [0.29, 0.717) is 0 Å². The summed E-state index contributed by atoms with van der Waals surface area (Å²) in [5, 5.41) is 10.2. The first-order valence-electron chi connectivity index (χ1n) is 5.43. The summed E-state index contributed by atoms with van der Waals surface area (Å²) in [6, 6.07) is 9.64. The number of furan rings is 1. The zero-order valence-electron chi connectivity index (χ0n) is 9.08. The fourth-order valence-corrected chi connectivity index (χ4v) is 2.88. The number of para-hydroxylation sites is 1. The lowest BCUT2D eigenvalue weighted by Gasteiger charge is -2.28. The molecule has 3 nitrogen and oxygen atoms in total. The van der Waals surface area contributed by atoms with Crippen molar-refractivity contribution < 1.29 is 14.3 Å². The number of fused-ring (bicyclic) bond motifs is 1. The van der Waals surface area contributed by atoms with E-state index in [4.69, 9.17) is 9.15 Å². The van der Waals surface area contributed by atoms with Crippen molar-refractivity contribution >= 4 is 11.8 Å². The maximum absolute atomic E-state index is 10.2. The predicted octanol–water partition coefficient (Wildman–Crippen LogP) is 2.87. The smallest absolute Gasteiger partial charge is 0.138 e. The Labute approximate surface area is 103 Å². The fraction of sp³-hybridized carbons (Fsp3) is 0.231. The Morgan fingerprint density at radius 3 is 3.00 bits per heavy atom. The quantitative estimate of drug-likeness (QED) is 0.887. The Bertz CT molecular complexity index is 495. The summed E-state index contributed by atoms with van der Waals surface area (Å²) in [6.45, 7) is 0. The molecular weight excluding hydrogens is 236 g/mol. The molecule has 17 heavy (non-hydrogen) atoms. The second-order valence-electron chi connectivity index (χ2n) is 3.92. The highest BCUT2D eigenvalue weighted by atomic mass is 32.2. The van der Waals surface area contributed by atoms with Gasteiger partial charge in [0.15, 0.2) is 0 Å². The van der Waals surface area contributed by atoms with Crippen LogP contribution >= 0.6 is 11.8 Å². The number of hydrogen-bond acceptors (Lipinski definition) is 4. The number of benzene rings is 1. The van der Waals surface area contributed by atoms with Gasteiger partial charge in [-0.1, -0.05) is 12.1 Å². The van der Waals surface area contributed by atoms with Gasteiger partial charge in [0.05, 0.1) is 12.5 Å². The van der Waals surface area contributed by atoms with Crippen molar-refractivity contribution in [3.05, 3.63) is 48.4 Å². The van der Waals surface area contributed by atoms with E-state index in [-0.39, 0.29) is 6.10 Å². The van der Waals surface area contributed by atoms with Gasteiger partial charge >= 0.3 is 0 Å². The average molecular weight is 248 g/mol. The number of aliphatic hydroxyl groups excluding tert-OH is 1. The Morgan fingerprint density at radius 1 is 1.29 bits per heavy atom. The second-order valence-corrected chi connectivity index (χ2v) is 4.98. The van der Waals surface area contributed by atoms with Gasteiger partial charge < -0.3 is 14.3 Å². The lowest BCUT2D eigenvalue weighted by Crippen LogP contribution is -2.30. The van der Waals surface area contributed by atoms with Crippen LogP contribution in [0.25, 0.3) is 0 Å². The molecule has 4 heteroatoms. The van der Waals surface area contributed by atoms with Crippen LogP contribution in [0.15, 0.2) is 52.2 Å². The van der Waals surface area contributed by atoms with Crippen molar-refractivity contribution in [3.63, 3.8) is 0 Å². The SMILES string of the molecule is OC(c1ccoc1)C1CSc2ccccc2O1. The maximum Gasteiger partial charge on any atom is 0.138 e. The lowest BCUT2D eigenvalue weighted by atomic mass is 10.1. The number of thioether (sulfide) groups is 1. The molecule has 88 valence electrons. The molecule has 0 aliphatic carbocycles. The molecule has 1 N–H and O–H groups in total. The molecule has 2 heterocycles. The maximum atomic E-state index is 10.2. The van der Waals surface area contributed by atoms with Crippen LogP contribution in [0, 0.1) is 0 Å². The predicted molar refractivity (Wildman–Crippen MR) is 65.2 cm³/mol. The summed E-state index contributed by atoms with van der Waals surface area (Å²) in [6.07, 6.45) is 2.24. The van der Waals surface area contributed by atoms with E-state index in [9.17, 15) is 5.11 Å². The van der Waals surface area contributed by atoms with Gasteiger partial charge in [-0.2, -0.15) is 0 Å². The number of hydrogen-bond donors (Lipinski definition) is 1. The van der Waals surface area contributed by atoms with Gasteiger partial charge in [-0.05, 0) is 18.2 Å². The van der Waals surface area contributed by atoms with Gasteiger partial charge in [-0.15, -0.1) is 11.8 Å². The van der Waals surface area contributed by atoms with Crippen molar-refractivity contribution in [1.82, 2.24) is 0 Å². The zero-order valence-corrected chi connectivity index (χ0v) is 9.89. The van der Waals surface area contributed by atoms with Gasteiger partial charge in [-0.3, -0.25) is 0 Å². The number of ether oxygens (including phenoxy) is 1. The average Bonchev–Trinajstić information content (AvgIpc) is 2.91. The van der Waals surface area contributed by atoms with Crippen molar-refractivity contribution in [2.24, 2.45) is 0 Å². The standard InChI is InChI=1S/C13H12O3S/c14-13(9-5-6-15-7-9)11-8-17-12-4-2-1-3-10(12)16-11/h1-7,11,13-14H,8H2. The fourth-order valence-electron chi connectivity index (χ4n) is 1.85. The van der Waals surface area contributed by atoms with E-state index in [1.54, 1.807) is 30.4 Å². The summed E-state index contributed by atoms with van der Waals surface area (Å²) in [5.41, 5.74) is 0.759.